The highest BCUT2D eigenvalue weighted by Gasteiger charge is 2.36. The lowest BCUT2D eigenvalue weighted by atomic mass is 9.87. The number of fused-ring (bicyclic) bond motifs is 1. The van der Waals surface area contributed by atoms with Crippen molar-refractivity contribution in [2.45, 2.75) is 37.5 Å². The first kappa shape index (κ1) is 23.8. The van der Waals surface area contributed by atoms with Crippen molar-refractivity contribution < 1.29 is 17.9 Å². The fourth-order valence-electron chi connectivity index (χ4n) is 4.69. The summed E-state index contributed by atoms with van der Waals surface area (Å²) in [5.41, 5.74) is 2.10. The van der Waals surface area contributed by atoms with Crippen LogP contribution in [0.25, 0.3) is 0 Å². The van der Waals surface area contributed by atoms with E-state index in [0.29, 0.717) is 47.7 Å². The van der Waals surface area contributed by atoms with Crippen molar-refractivity contribution in [2.24, 2.45) is 0 Å². The van der Waals surface area contributed by atoms with Gasteiger partial charge in [-0.2, -0.15) is 0 Å². The second kappa shape index (κ2) is 9.62. The summed E-state index contributed by atoms with van der Waals surface area (Å²) in [4.78, 5) is 20.3. The number of ether oxygens (including phenoxy) is 1. The third-order valence-corrected chi connectivity index (χ3v) is 7.70. The molecule has 0 spiro atoms. The lowest BCUT2D eigenvalue weighted by Crippen LogP contribution is -2.33. The third-order valence-electron chi connectivity index (χ3n) is 6.49. The van der Waals surface area contributed by atoms with Gasteiger partial charge in [0.1, 0.15) is 5.75 Å². The fraction of sp³-hybridized carbons (Fsp3) is 0.214. The average Bonchev–Trinajstić information content (AvgIpc) is 3.42. The highest BCUT2D eigenvalue weighted by molar-refractivity contribution is 7.91. The molecule has 0 fully saturated rings. The maximum Gasteiger partial charge on any atom is 0.237 e. The maximum atomic E-state index is 13.3. The van der Waals surface area contributed by atoms with Crippen molar-refractivity contribution in [3.8, 4) is 5.75 Å². The van der Waals surface area contributed by atoms with Gasteiger partial charge in [0, 0.05) is 41.2 Å². The van der Waals surface area contributed by atoms with E-state index in [1.165, 1.54) is 0 Å². The van der Waals surface area contributed by atoms with Gasteiger partial charge in [-0.3, -0.25) is 9.52 Å². The molecule has 8 heteroatoms. The van der Waals surface area contributed by atoms with E-state index in [1.807, 2.05) is 43.3 Å². The molecule has 1 atom stereocenters. The number of rotatable bonds is 8. The molecule has 0 bridgehead atoms. The summed E-state index contributed by atoms with van der Waals surface area (Å²) in [5.74, 6) is 0.689. The van der Waals surface area contributed by atoms with Crippen LogP contribution in [0.4, 0.5) is 5.69 Å². The number of benzene rings is 3. The Labute approximate surface area is 210 Å². The van der Waals surface area contributed by atoms with Gasteiger partial charge < -0.3 is 9.72 Å². The predicted octanol–water partition coefficient (Wildman–Crippen LogP) is 5.21. The molecule has 0 radical (unpaired) electrons. The zero-order valence-electron chi connectivity index (χ0n) is 19.9. The quantitative estimate of drug-likeness (QED) is 0.345. The Morgan fingerprint density at radius 1 is 1.00 bits per heavy atom. The molecule has 0 aliphatic heterocycles. The van der Waals surface area contributed by atoms with Crippen LogP contribution >= 0.6 is 0 Å². The van der Waals surface area contributed by atoms with E-state index in [2.05, 4.69) is 14.7 Å². The van der Waals surface area contributed by atoms with Crippen molar-refractivity contribution in [1.29, 1.82) is 0 Å². The van der Waals surface area contributed by atoms with Crippen LogP contribution in [-0.2, 0) is 27.8 Å². The summed E-state index contributed by atoms with van der Waals surface area (Å²) >= 11 is 0. The minimum Gasteiger partial charge on any atom is -0.475 e. The summed E-state index contributed by atoms with van der Waals surface area (Å²) in [6.07, 6.45) is 5.11. The van der Waals surface area contributed by atoms with Crippen LogP contribution in [0.5, 0.6) is 5.75 Å². The van der Waals surface area contributed by atoms with Gasteiger partial charge in [-0.05, 0) is 49.6 Å². The standard InChI is InChI=1S/C28H27N3O4S/c1-28(27-29-17-18-30-27,20-9-4-2-5-10-20)35-26-16-15-23-22(13-8-14-25(23)32)24(26)19-36(33,34)31-21-11-6-3-7-12-21/h2-7,9-12,15-18,31H,8,13-14,19H2,1H3,(H,29,30)/t28-/m0/s1. The van der Waals surface area contributed by atoms with Gasteiger partial charge in [-0.1, -0.05) is 48.5 Å². The van der Waals surface area contributed by atoms with E-state index in [0.717, 1.165) is 11.1 Å². The molecule has 7 nitrogen and oxygen atoms in total. The number of Topliss-reactive ketones (excluding diaryl/α,β-unsaturated/α-hetero) is 1. The molecule has 0 amide bonds. The number of aromatic amines is 1. The Morgan fingerprint density at radius 3 is 2.42 bits per heavy atom. The van der Waals surface area contributed by atoms with Gasteiger partial charge in [-0.15, -0.1) is 0 Å². The molecule has 5 rings (SSSR count). The van der Waals surface area contributed by atoms with Gasteiger partial charge >= 0.3 is 0 Å². The van der Waals surface area contributed by atoms with Crippen LogP contribution in [0.2, 0.25) is 0 Å². The van der Waals surface area contributed by atoms with Gasteiger partial charge in [0.05, 0.1) is 5.75 Å². The summed E-state index contributed by atoms with van der Waals surface area (Å²) in [5, 5.41) is 0. The Kier molecular flexibility index (Phi) is 6.36. The van der Waals surface area contributed by atoms with Crippen molar-refractivity contribution in [2.75, 3.05) is 4.72 Å². The zero-order valence-corrected chi connectivity index (χ0v) is 20.7. The number of carbonyl (C=O) groups excluding carboxylic acids is 1. The number of nitrogens with zero attached hydrogens (tertiary/aromatic N) is 1. The summed E-state index contributed by atoms with van der Waals surface area (Å²) in [6, 6.07) is 21.8. The normalized spacial score (nSPS) is 15.1. The van der Waals surface area contributed by atoms with Crippen molar-refractivity contribution in [1.82, 2.24) is 9.97 Å². The van der Waals surface area contributed by atoms with Gasteiger partial charge in [0.25, 0.3) is 0 Å². The van der Waals surface area contributed by atoms with E-state index in [1.54, 1.807) is 48.8 Å². The maximum absolute atomic E-state index is 13.3. The number of carbonyl (C=O) groups is 1. The van der Waals surface area contributed by atoms with Gasteiger partial charge in [0.15, 0.2) is 17.2 Å². The molecule has 36 heavy (non-hydrogen) atoms. The number of para-hydroxylation sites is 1. The first-order valence-electron chi connectivity index (χ1n) is 11.8. The van der Waals surface area contributed by atoms with E-state index in [-0.39, 0.29) is 11.5 Å². The largest absolute Gasteiger partial charge is 0.475 e. The number of sulfonamides is 1. The van der Waals surface area contributed by atoms with Gasteiger partial charge in [0.2, 0.25) is 10.0 Å². The smallest absolute Gasteiger partial charge is 0.237 e. The first-order chi connectivity index (χ1) is 17.4. The SMILES string of the molecule is C[C@](Oc1ccc2c(c1CS(=O)(=O)Nc1ccccc1)CCCC2=O)(c1ccccc1)c1ncc[nH]1. The molecular weight excluding hydrogens is 474 g/mol. The van der Waals surface area contributed by atoms with Crippen LogP contribution in [0, 0.1) is 0 Å². The lowest BCUT2D eigenvalue weighted by molar-refractivity contribution is 0.0971. The average molecular weight is 502 g/mol. The lowest BCUT2D eigenvalue weighted by Gasteiger charge is -2.32. The van der Waals surface area contributed by atoms with Crippen LogP contribution in [0.15, 0.2) is 85.2 Å². The summed E-state index contributed by atoms with van der Waals surface area (Å²) in [6.45, 7) is 1.90. The van der Waals surface area contributed by atoms with Crippen LogP contribution < -0.4 is 9.46 Å². The molecule has 3 aromatic carbocycles. The Morgan fingerprint density at radius 2 is 1.72 bits per heavy atom. The van der Waals surface area contributed by atoms with E-state index in [4.69, 9.17) is 4.74 Å². The van der Waals surface area contributed by atoms with E-state index >= 15 is 0 Å². The molecule has 1 aromatic heterocycles. The van der Waals surface area contributed by atoms with E-state index in [9.17, 15) is 13.2 Å². The van der Waals surface area contributed by atoms with Gasteiger partial charge in [-0.25, -0.2) is 13.4 Å². The number of nitrogens with one attached hydrogen (secondary N) is 2. The minimum atomic E-state index is -3.80. The van der Waals surface area contributed by atoms with E-state index < -0.39 is 15.6 Å². The summed E-state index contributed by atoms with van der Waals surface area (Å²) < 4.78 is 35.9. The minimum absolute atomic E-state index is 0.0225. The number of aromatic nitrogens is 2. The second-order valence-corrected chi connectivity index (χ2v) is 10.7. The number of ketones is 1. The molecule has 1 aliphatic carbocycles. The number of anilines is 1. The molecule has 4 aromatic rings. The summed E-state index contributed by atoms with van der Waals surface area (Å²) in [7, 11) is -3.80. The van der Waals surface area contributed by atoms with Crippen molar-refractivity contribution in [3.05, 3.63) is 113 Å². The van der Waals surface area contributed by atoms with Crippen molar-refractivity contribution in [3.63, 3.8) is 0 Å². The fourth-order valence-corrected chi connectivity index (χ4v) is 5.95. The third kappa shape index (κ3) is 4.77. The zero-order chi connectivity index (χ0) is 25.2. The Hall–Kier alpha value is -3.91. The van der Waals surface area contributed by atoms with Crippen molar-refractivity contribution >= 4 is 21.5 Å². The Balaban J connectivity index is 1.60. The molecular formula is C28H27N3O4S. The molecule has 0 unspecified atom stereocenters. The molecule has 0 saturated heterocycles. The highest BCUT2D eigenvalue weighted by atomic mass is 32.2. The first-order valence-corrected chi connectivity index (χ1v) is 13.5. The number of hydrogen-bond acceptors (Lipinski definition) is 5. The number of hydrogen-bond donors (Lipinski definition) is 2. The second-order valence-electron chi connectivity index (χ2n) is 9.01. The topological polar surface area (TPSA) is 101 Å². The van der Waals surface area contributed by atoms with Crippen LogP contribution in [-0.4, -0.2) is 24.2 Å². The van der Waals surface area contributed by atoms with Crippen LogP contribution in [0.3, 0.4) is 0 Å². The van der Waals surface area contributed by atoms with Crippen LogP contribution in [0.1, 0.15) is 52.6 Å². The predicted molar refractivity (Wildman–Crippen MR) is 139 cm³/mol. The Bertz CT molecular complexity index is 1470. The molecule has 0 saturated carbocycles. The number of H-pyrrole nitrogens is 1. The highest BCUT2D eigenvalue weighted by Crippen LogP contribution is 2.39. The molecule has 1 heterocycles. The molecule has 2 N–H and O–H groups in total. The molecule has 184 valence electrons. The monoisotopic (exact) mass is 501 g/mol. The molecule has 1 aliphatic rings. The number of imidazole rings is 1.